The lowest BCUT2D eigenvalue weighted by atomic mass is 9.97. The monoisotopic (exact) mass is 251 g/mol. The van der Waals surface area contributed by atoms with Gasteiger partial charge in [-0.05, 0) is 57.2 Å². The Morgan fingerprint density at radius 1 is 1.28 bits per heavy atom. The first kappa shape index (κ1) is 15.0. The number of unbranched alkanes of at least 4 members (excludes halogenated alkanes) is 1. The zero-order valence-corrected chi connectivity index (χ0v) is 11.7. The van der Waals surface area contributed by atoms with Gasteiger partial charge < -0.3 is 15.6 Å². The molecule has 1 atom stereocenters. The van der Waals surface area contributed by atoms with E-state index >= 15 is 0 Å². The van der Waals surface area contributed by atoms with Crippen LogP contribution in [0.2, 0.25) is 0 Å². The van der Waals surface area contributed by atoms with Gasteiger partial charge in [0.05, 0.1) is 13.2 Å². The van der Waals surface area contributed by atoms with Gasteiger partial charge in [0.1, 0.15) is 5.75 Å². The summed E-state index contributed by atoms with van der Waals surface area (Å²) in [7, 11) is 0. The second kappa shape index (κ2) is 6.76. The first-order valence-electron chi connectivity index (χ1n) is 6.54. The second-order valence-corrected chi connectivity index (χ2v) is 5.39. The molecule has 3 N–H and O–H groups in total. The van der Waals surface area contributed by atoms with Gasteiger partial charge in [0.25, 0.3) is 0 Å². The normalized spacial score (nSPS) is 14.3. The van der Waals surface area contributed by atoms with E-state index in [1.165, 1.54) is 11.1 Å². The number of hydrogen-bond acceptors (Lipinski definition) is 3. The Balaban J connectivity index is 2.28. The van der Waals surface area contributed by atoms with Crippen molar-refractivity contribution in [3.8, 4) is 5.75 Å². The van der Waals surface area contributed by atoms with Gasteiger partial charge in [-0.2, -0.15) is 0 Å². The summed E-state index contributed by atoms with van der Waals surface area (Å²) >= 11 is 0. The molecule has 1 aromatic rings. The first-order valence-corrected chi connectivity index (χ1v) is 6.54. The van der Waals surface area contributed by atoms with Crippen molar-refractivity contribution in [2.75, 3.05) is 13.2 Å². The Morgan fingerprint density at radius 3 is 2.67 bits per heavy atom. The lowest BCUT2D eigenvalue weighted by Gasteiger charge is -2.21. The van der Waals surface area contributed by atoms with Crippen molar-refractivity contribution >= 4 is 0 Å². The van der Waals surface area contributed by atoms with Crippen LogP contribution in [0.25, 0.3) is 0 Å². The Kier molecular flexibility index (Phi) is 5.63. The molecule has 1 rings (SSSR count). The van der Waals surface area contributed by atoms with Crippen LogP contribution in [0.4, 0.5) is 0 Å². The van der Waals surface area contributed by atoms with Gasteiger partial charge >= 0.3 is 0 Å². The number of rotatable bonds is 7. The van der Waals surface area contributed by atoms with Crippen molar-refractivity contribution in [3.05, 3.63) is 29.3 Å². The second-order valence-electron chi connectivity index (χ2n) is 5.39. The van der Waals surface area contributed by atoms with Crippen LogP contribution < -0.4 is 10.5 Å². The van der Waals surface area contributed by atoms with Crippen molar-refractivity contribution in [1.82, 2.24) is 0 Å². The van der Waals surface area contributed by atoms with E-state index in [1.54, 1.807) is 0 Å². The molecule has 1 aromatic carbocycles. The van der Waals surface area contributed by atoms with E-state index < -0.39 is 5.54 Å². The molecule has 0 aliphatic heterocycles. The zero-order valence-electron chi connectivity index (χ0n) is 11.7. The van der Waals surface area contributed by atoms with E-state index in [9.17, 15) is 0 Å². The number of ether oxygens (including phenoxy) is 1. The number of nitrogens with two attached hydrogens (primary N) is 1. The van der Waals surface area contributed by atoms with Crippen LogP contribution >= 0.6 is 0 Å². The van der Waals surface area contributed by atoms with Crippen molar-refractivity contribution in [3.63, 3.8) is 0 Å². The van der Waals surface area contributed by atoms with Gasteiger partial charge in [-0.15, -0.1) is 0 Å². The molecule has 3 nitrogen and oxygen atoms in total. The summed E-state index contributed by atoms with van der Waals surface area (Å²) < 4.78 is 5.76. The fourth-order valence-corrected chi connectivity index (χ4v) is 1.75. The van der Waals surface area contributed by atoms with E-state index in [1.807, 2.05) is 6.92 Å². The third-order valence-electron chi connectivity index (χ3n) is 3.10. The highest BCUT2D eigenvalue weighted by Gasteiger charge is 2.15. The minimum absolute atomic E-state index is 0.0326. The average molecular weight is 251 g/mol. The molecule has 0 amide bonds. The van der Waals surface area contributed by atoms with Gasteiger partial charge in [0.15, 0.2) is 0 Å². The van der Waals surface area contributed by atoms with Gasteiger partial charge in [-0.1, -0.05) is 12.1 Å². The number of aliphatic hydroxyl groups is 1. The number of benzene rings is 1. The molecule has 0 saturated carbocycles. The molecule has 0 spiro atoms. The summed E-state index contributed by atoms with van der Waals surface area (Å²) in [5.41, 5.74) is 7.78. The predicted molar refractivity (Wildman–Crippen MR) is 74.9 cm³/mol. The maximum Gasteiger partial charge on any atom is 0.122 e. The first-order chi connectivity index (χ1) is 8.44. The van der Waals surface area contributed by atoms with E-state index in [4.69, 9.17) is 15.6 Å². The minimum Gasteiger partial charge on any atom is -0.493 e. The summed E-state index contributed by atoms with van der Waals surface area (Å²) in [5.74, 6) is 0.965. The quantitative estimate of drug-likeness (QED) is 0.732. The average Bonchev–Trinajstić information content (AvgIpc) is 2.33. The van der Waals surface area contributed by atoms with E-state index in [-0.39, 0.29) is 6.61 Å². The van der Waals surface area contributed by atoms with Gasteiger partial charge in [0, 0.05) is 5.54 Å². The van der Waals surface area contributed by atoms with Crippen LogP contribution in [0.5, 0.6) is 5.75 Å². The number of hydrogen-bond donors (Lipinski definition) is 2. The van der Waals surface area contributed by atoms with Gasteiger partial charge in [0.2, 0.25) is 0 Å². The Hall–Kier alpha value is -1.06. The summed E-state index contributed by atoms with van der Waals surface area (Å²) in [4.78, 5) is 0. The number of aryl methyl sites for hydroxylation is 2. The zero-order chi connectivity index (χ0) is 13.6. The summed E-state index contributed by atoms with van der Waals surface area (Å²) in [5, 5.41) is 9.04. The molecule has 18 heavy (non-hydrogen) atoms. The van der Waals surface area contributed by atoms with Crippen LogP contribution in [0.3, 0.4) is 0 Å². The van der Waals surface area contributed by atoms with Gasteiger partial charge in [-0.25, -0.2) is 0 Å². The molecule has 0 aliphatic carbocycles. The fourth-order valence-electron chi connectivity index (χ4n) is 1.75. The largest absolute Gasteiger partial charge is 0.493 e. The third kappa shape index (κ3) is 5.07. The van der Waals surface area contributed by atoms with E-state index in [0.717, 1.165) is 25.0 Å². The number of aliphatic hydroxyl groups excluding tert-OH is 1. The third-order valence-corrected chi connectivity index (χ3v) is 3.10. The molecular formula is C15H25NO2. The molecule has 0 aliphatic rings. The van der Waals surface area contributed by atoms with Crippen LogP contribution in [-0.4, -0.2) is 23.9 Å². The minimum atomic E-state index is -0.459. The van der Waals surface area contributed by atoms with Crippen LogP contribution in [0.1, 0.15) is 37.3 Å². The molecular weight excluding hydrogens is 226 g/mol. The van der Waals surface area contributed by atoms with Crippen molar-refractivity contribution < 1.29 is 9.84 Å². The van der Waals surface area contributed by atoms with Crippen molar-refractivity contribution in [1.29, 1.82) is 0 Å². The van der Waals surface area contributed by atoms with Crippen LogP contribution in [0, 0.1) is 13.8 Å². The summed E-state index contributed by atoms with van der Waals surface area (Å²) in [6.07, 6.45) is 2.75. The molecule has 3 heteroatoms. The molecule has 0 heterocycles. The topological polar surface area (TPSA) is 55.5 Å². The fraction of sp³-hybridized carbons (Fsp3) is 0.600. The van der Waals surface area contributed by atoms with E-state index in [0.29, 0.717) is 6.61 Å². The molecule has 0 saturated heterocycles. The standard InChI is InChI=1S/C15H25NO2/c1-12-6-7-13(2)14(10-12)18-9-5-4-8-15(3,16)11-17/h6-7,10,17H,4-5,8-9,11,16H2,1-3H3. The Bertz CT molecular complexity index is 375. The van der Waals surface area contributed by atoms with E-state index in [2.05, 4.69) is 32.0 Å². The summed E-state index contributed by atoms with van der Waals surface area (Å²) in [6, 6.07) is 6.23. The summed E-state index contributed by atoms with van der Waals surface area (Å²) in [6.45, 7) is 6.72. The lowest BCUT2D eigenvalue weighted by molar-refractivity contribution is 0.194. The highest BCUT2D eigenvalue weighted by molar-refractivity contribution is 5.35. The van der Waals surface area contributed by atoms with Crippen LogP contribution in [0.15, 0.2) is 18.2 Å². The van der Waals surface area contributed by atoms with Crippen LogP contribution in [-0.2, 0) is 0 Å². The molecule has 0 aromatic heterocycles. The molecule has 1 unspecified atom stereocenters. The van der Waals surface area contributed by atoms with Gasteiger partial charge in [-0.3, -0.25) is 0 Å². The Labute approximate surface area is 110 Å². The maximum absolute atomic E-state index is 9.04. The predicted octanol–water partition coefficient (Wildman–Crippen LogP) is 2.56. The molecule has 0 radical (unpaired) electrons. The molecule has 0 bridgehead atoms. The highest BCUT2D eigenvalue weighted by atomic mass is 16.5. The lowest BCUT2D eigenvalue weighted by Crippen LogP contribution is -2.39. The SMILES string of the molecule is Cc1ccc(C)c(OCCCCC(C)(N)CO)c1. The molecule has 0 fully saturated rings. The highest BCUT2D eigenvalue weighted by Crippen LogP contribution is 2.19. The molecule has 102 valence electrons. The smallest absolute Gasteiger partial charge is 0.122 e. The Morgan fingerprint density at radius 2 is 2.00 bits per heavy atom. The van der Waals surface area contributed by atoms with Crippen molar-refractivity contribution in [2.24, 2.45) is 5.73 Å². The van der Waals surface area contributed by atoms with Crippen molar-refractivity contribution in [2.45, 2.75) is 45.6 Å². The maximum atomic E-state index is 9.04.